The van der Waals surface area contributed by atoms with Gasteiger partial charge in [-0.2, -0.15) is 0 Å². The summed E-state index contributed by atoms with van der Waals surface area (Å²) in [4.78, 5) is 23.5. The van der Waals surface area contributed by atoms with Crippen LogP contribution < -0.4 is 16.0 Å². The van der Waals surface area contributed by atoms with Gasteiger partial charge in [0.25, 0.3) is 5.91 Å². The van der Waals surface area contributed by atoms with Crippen LogP contribution >= 0.6 is 0 Å². The van der Waals surface area contributed by atoms with Gasteiger partial charge in [-0.3, -0.25) is 4.79 Å². The second kappa shape index (κ2) is 7.47. The van der Waals surface area contributed by atoms with Crippen LogP contribution in [0.4, 0.5) is 14.9 Å². The van der Waals surface area contributed by atoms with E-state index in [1.54, 1.807) is 6.92 Å². The fourth-order valence-corrected chi connectivity index (χ4v) is 1.57. The maximum atomic E-state index is 13.8. The van der Waals surface area contributed by atoms with Gasteiger partial charge in [0.2, 0.25) is 0 Å². The van der Waals surface area contributed by atoms with Crippen LogP contribution in [-0.4, -0.2) is 25.0 Å². The van der Waals surface area contributed by atoms with Crippen molar-refractivity contribution in [3.63, 3.8) is 0 Å². The predicted molar refractivity (Wildman–Crippen MR) is 76.3 cm³/mol. The first-order valence-electron chi connectivity index (χ1n) is 6.57. The Morgan fingerprint density at radius 3 is 2.55 bits per heavy atom. The van der Waals surface area contributed by atoms with Crippen LogP contribution in [0.3, 0.4) is 0 Å². The minimum absolute atomic E-state index is 0.150. The number of benzene rings is 1. The van der Waals surface area contributed by atoms with E-state index in [9.17, 15) is 14.0 Å². The SMILES string of the molecule is CCNC(=O)Nc1cccc(F)c1C(=O)NCC(C)C. The van der Waals surface area contributed by atoms with Crippen molar-refractivity contribution in [1.82, 2.24) is 10.6 Å². The van der Waals surface area contributed by atoms with Crippen molar-refractivity contribution in [1.29, 1.82) is 0 Å². The highest BCUT2D eigenvalue weighted by Gasteiger charge is 2.18. The molecule has 0 aliphatic carbocycles. The first kappa shape index (κ1) is 15.9. The van der Waals surface area contributed by atoms with Gasteiger partial charge in [0, 0.05) is 13.1 Å². The summed E-state index contributed by atoms with van der Waals surface area (Å²) in [7, 11) is 0. The summed E-state index contributed by atoms with van der Waals surface area (Å²) in [6.45, 7) is 6.52. The lowest BCUT2D eigenvalue weighted by atomic mass is 10.1. The second-order valence-electron chi connectivity index (χ2n) is 4.75. The van der Waals surface area contributed by atoms with E-state index in [-0.39, 0.29) is 17.2 Å². The fraction of sp³-hybridized carbons (Fsp3) is 0.429. The van der Waals surface area contributed by atoms with Gasteiger partial charge in [-0.25, -0.2) is 9.18 Å². The average Bonchev–Trinajstić information content (AvgIpc) is 2.36. The molecule has 0 saturated carbocycles. The Labute approximate surface area is 117 Å². The van der Waals surface area contributed by atoms with Gasteiger partial charge in [0.1, 0.15) is 5.82 Å². The van der Waals surface area contributed by atoms with Gasteiger partial charge in [0.05, 0.1) is 11.3 Å². The smallest absolute Gasteiger partial charge is 0.319 e. The Morgan fingerprint density at radius 1 is 1.25 bits per heavy atom. The summed E-state index contributed by atoms with van der Waals surface area (Å²) in [5.41, 5.74) is -0.00314. The van der Waals surface area contributed by atoms with Gasteiger partial charge in [-0.1, -0.05) is 19.9 Å². The number of halogens is 1. The zero-order valence-corrected chi connectivity index (χ0v) is 11.9. The number of hydrogen-bond donors (Lipinski definition) is 3. The molecule has 6 heteroatoms. The van der Waals surface area contributed by atoms with Gasteiger partial charge in [-0.15, -0.1) is 0 Å². The first-order chi connectivity index (χ1) is 9.45. The van der Waals surface area contributed by atoms with Crippen molar-refractivity contribution in [3.05, 3.63) is 29.6 Å². The number of rotatable bonds is 5. The highest BCUT2D eigenvalue weighted by atomic mass is 19.1. The zero-order valence-electron chi connectivity index (χ0n) is 11.9. The molecule has 0 heterocycles. The molecule has 1 aromatic carbocycles. The summed E-state index contributed by atoms with van der Waals surface area (Å²) in [5, 5.41) is 7.63. The summed E-state index contributed by atoms with van der Waals surface area (Å²) in [6, 6.07) is 3.64. The molecule has 3 N–H and O–H groups in total. The number of hydrogen-bond acceptors (Lipinski definition) is 2. The number of nitrogens with one attached hydrogen (secondary N) is 3. The molecule has 0 aromatic heterocycles. The summed E-state index contributed by atoms with van der Waals surface area (Å²) in [5.74, 6) is -0.949. The normalized spacial score (nSPS) is 10.2. The molecule has 1 rings (SSSR count). The van der Waals surface area contributed by atoms with Crippen LogP contribution in [0.2, 0.25) is 0 Å². The molecule has 20 heavy (non-hydrogen) atoms. The minimum Gasteiger partial charge on any atom is -0.352 e. The molecule has 0 spiro atoms. The van der Waals surface area contributed by atoms with E-state index in [0.29, 0.717) is 13.1 Å². The molecule has 0 radical (unpaired) electrons. The number of urea groups is 1. The van der Waals surface area contributed by atoms with Crippen LogP contribution in [0.5, 0.6) is 0 Å². The highest BCUT2D eigenvalue weighted by molar-refractivity contribution is 6.03. The van der Waals surface area contributed by atoms with Crippen LogP contribution in [0.25, 0.3) is 0 Å². The summed E-state index contributed by atoms with van der Waals surface area (Å²) < 4.78 is 13.8. The van der Waals surface area contributed by atoms with Crippen LogP contribution in [-0.2, 0) is 0 Å². The van der Waals surface area contributed by atoms with Crippen molar-refractivity contribution >= 4 is 17.6 Å². The fourth-order valence-electron chi connectivity index (χ4n) is 1.57. The minimum atomic E-state index is -0.666. The Morgan fingerprint density at radius 2 is 1.95 bits per heavy atom. The third-order valence-corrected chi connectivity index (χ3v) is 2.50. The van der Waals surface area contributed by atoms with E-state index in [4.69, 9.17) is 0 Å². The van der Waals surface area contributed by atoms with E-state index >= 15 is 0 Å². The number of anilines is 1. The lowest BCUT2D eigenvalue weighted by molar-refractivity contribution is 0.0946. The molecule has 110 valence electrons. The molecule has 0 saturated heterocycles. The Kier molecular flexibility index (Phi) is 5.96. The summed E-state index contributed by atoms with van der Waals surface area (Å²) >= 11 is 0. The van der Waals surface area contributed by atoms with Crippen molar-refractivity contribution < 1.29 is 14.0 Å². The van der Waals surface area contributed by atoms with Gasteiger partial charge in [0.15, 0.2) is 0 Å². The highest BCUT2D eigenvalue weighted by Crippen LogP contribution is 2.19. The van der Waals surface area contributed by atoms with Crippen LogP contribution in [0, 0.1) is 11.7 Å². The van der Waals surface area contributed by atoms with Gasteiger partial charge in [-0.05, 0) is 25.0 Å². The van der Waals surface area contributed by atoms with Crippen molar-refractivity contribution in [2.75, 3.05) is 18.4 Å². The summed E-state index contributed by atoms with van der Waals surface area (Å²) in [6.07, 6.45) is 0. The number of carbonyl (C=O) groups is 2. The van der Waals surface area contributed by atoms with Crippen molar-refractivity contribution in [3.8, 4) is 0 Å². The van der Waals surface area contributed by atoms with Gasteiger partial charge >= 0.3 is 6.03 Å². The maximum Gasteiger partial charge on any atom is 0.319 e. The molecule has 0 bridgehead atoms. The molecule has 5 nitrogen and oxygen atoms in total. The van der Waals surface area contributed by atoms with E-state index < -0.39 is 17.8 Å². The number of amides is 3. The molecule has 1 aromatic rings. The Balaban J connectivity index is 2.93. The van der Waals surface area contributed by atoms with E-state index in [2.05, 4.69) is 16.0 Å². The molecule has 0 unspecified atom stereocenters. The molecular weight excluding hydrogens is 261 g/mol. The third-order valence-electron chi connectivity index (χ3n) is 2.50. The monoisotopic (exact) mass is 281 g/mol. The van der Waals surface area contributed by atoms with Crippen LogP contribution in [0.1, 0.15) is 31.1 Å². The second-order valence-corrected chi connectivity index (χ2v) is 4.75. The van der Waals surface area contributed by atoms with Crippen molar-refractivity contribution in [2.45, 2.75) is 20.8 Å². The Bertz CT molecular complexity index is 489. The molecule has 0 aliphatic heterocycles. The zero-order chi connectivity index (χ0) is 15.1. The topological polar surface area (TPSA) is 70.2 Å². The molecular formula is C14H20FN3O2. The lowest BCUT2D eigenvalue weighted by Crippen LogP contribution is -2.32. The largest absolute Gasteiger partial charge is 0.352 e. The molecule has 0 fully saturated rings. The standard InChI is InChI=1S/C14H20FN3O2/c1-4-16-14(20)18-11-7-5-6-10(15)12(11)13(19)17-8-9(2)3/h5-7,9H,4,8H2,1-3H3,(H,17,19)(H2,16,18,20). The van der Waals surface area contributed by atoms with Crippen molar-refractivity contribution in [2.24, 2.45) is 5.92 Å². The third kappa shape index (κ3) is 4.53. The maximum absolute atomic E-state index is 13.8. The van der Waals surface area contributed by atoms with E-state index in [0.717, 1.165) is 0 Å². The average molecular weight is 281 g/mol. The van der Waals surface area contributed by atoms with E-state index in [1.807, 2.05) is 13.8 Å². The van der Waals surface area contributed by atoms with Gasteiger partial charge < -0.3 is 16.0 Å². The quantitative estimate of drug-likeness (QED) is 0.775. The lowest BCUT2D eigenvalue weighted by Gasteiger charge is -2.13. The first-order valence-corrected chi connectivity index (χ1v) is 6.57. The molecule has 0 aliphatic rings. The number of carbonyl (C=O) groups excluding carboxylic acids is 2. The molecule has 0 atom stereocenters. The van der Waals surface area contributed by atoms with Crippen LogP contribution in [0.15, 0.2) is 18.2 Å². The Hall–Kier alpha value is -2.11. The van der Waals surface area contributed by atoms with E-state index in [1.165, 1.54) is 18.2 Å². The molecule has 3 amide bonds. The predicted octanol–water partition coefficient (Wildman–Crippen LogP) is 2.35.